The number of benzene rings is 1. The van der Waals surface area contributed by atoms with Crippen molar-refractivity contribution in [3.8, 4) is 0 Å². The molecule has 2 heterocycles. The molecule has 1 N–H and O–H groups in total. The van der Waals surface area contributed by atoms with Gasteiger partial charge < -0.3 is 9.73 Å². The van der Waals surface area contributed by atoms with E-state index in [9.17, 15) is 4.79 Å². The number of nitrogens with one attached hydrogen (secondary N) is 1. The van der Waals surface area contributed by atoms with Crippen LogP contribution in [0.1, 0.15) is 31.2 Å². The minimum absolute atomic E-state index is 0.0594. The first-order chi connectivity index (χ1) is 12.1. The van der Waals surface area contributed by atoms with E-state index in [0.29, 0.717) is 11.7 Å². The first kappa shape index (κ1) is 17.2. The maximum Gasteiger partial charge on any atom is 0.233 e. The first-order valence-electron chi connectivity index (χ1n) is 7.94. The number of carbonyl (C=O) groups is 1. The summed E-state index contributed by atoms with van der Waals surface area (Å²) in [7, 11) is 0. The zero-order valence-corrected chi connectivity index (χ0v) is 14.8. The Labute approximate surface area is 149 Å². The van der Waals surface area contributed by atoms with E-state index in [-0.39, 0.29) is 17.2 Å². The van der Waals surface area contributed by atoms with Crippen molar-refractivity contribution in [2.45, 2.75) is 36.8 Å². The molecule has 130 valence electrons. The number of rotatable bonds is 7. The van der Waals surface area contributed by atoms with E-state index in [1.807, 2.05) is 56.3 Å². The van der Waals surface area contributed by atoms with Gasteiger partial charge in [0, 0.05) is 0 Å². The molecule has 0 aliphatic carbocycles. The number of tetrazole rings is 1. The van der Waals surface area contributed by atoms with Gasteiger partial charge in [0.1, 0.15) is 12.3 Å². The number of thioether (sulfide) groups is 1. The van der Waals surface area contributed by atoms with Crippen molar-refractivity contribution in [2.24, 2.45) is 0 Å². The van der Waals surface area contributed by atoms with Crippen LogP contribution in [0.3, 0.4) is 0 Å². The van der Waals surface area contributed by atoms with Crippen molar-refractivity contribution in [3.63, 3.8) is 0 Å². The predicted molar refractivity (Wildman–Crippen MR) is 93.9 cm³/mol. The Morgan fingerprint density at radius 2 is 2.04 bits per heavy atom. The minimum Gasteiger partial charge on any atom is -0.467 e. The number of hydrogen-bond donors (Lipinski definition) is 1. The molecular formula is C17H19N5O2S. The maximum absolute atomic E-state index is 12.5. The van der Waals surface area contributed by atoms with Crippen molar-refractivity contribution in [2.75, 3.05) is 0 Å². The third-order valence-electron chi connectivity index (χ3n) is 3.69. The second-order valence-corrected chi connectivity index (χ2v) is 6.91. The Bertz CT molecular complexity index is 804. The number of furan rings is 1. The van der Waals surface area contributed by atoms with E-state index < -0.39 is 0 Å². The summed E-state index contributed by atoms with van der Waals surface area (Å²) in [5.74, 6) is 0.692. The topological polar surface area (TPSA) is 85.8 Å². The van der Waals surface area contributed by atoms with Crippen LogP contribution in [0.4, 0.5) is 0 Å². The van der Waals surface area contributed by atoms with Gasteiger partial charge in [0.2, 0.25) is 11.1 Å². The van der Waals surface area contributed by atoms with E-state index in [1.165, 1.54) is 11.8 Å². The second-order valence-electron chi connectivity index (χ2n) is 5.60. The number of amides is 1. The van der Waals surface area contributed by atoms with Crippen LogP contribution in [-0.4, -0.2) is 31.4 Å². The molecular weight excluding hydrogens is 338 g/mol. The van der Waals surface area contributed by atoms with Crippen LogP contribution in [0, 0.1) is 0 Å². The molecule has 7 nitrogen and oxygen atoms in total. The van der Waals surface area contributed by atoms with Crippen molar-refractivity contribution >= 4 is 17.7 Å². The van der Waals surface area contributed by atoms with E-state index in [2.05, 4.69) is 20.8 Å². The van der Waals surface area contributed by atoms with Crippen molar-refractivity contribution in [1.82, 2.24) is 25.5 Å². The predicted octanol–water partition coefficient (Wildman–Crippen LogP) is 2.67. The molecule has 0 bridgehead atoms. The number of nitrogens with zero attached hydrogens (tertiary/aromatic N) is 4. The first-order valence-corrected chi connectivity index (χ1v) is 8.82. The molecule has 0 unspecified atom stereocenters. The summed E-state index contributed by atoms with van der Waals surface area (Å²) in [5.41, 5.74) is 1.07. The van der Waals surface area contributed by atoms with E-state index >= 15 is 0 Å². The smallest absolute Gasteiger partial charge is 0.233 e. The van der Waals surface area contributed by atoms with E-state index in [0.717, 1.165) is 11.3 Å². The molecule has 2 aromatic heterocycles. The fourth-order valence-corrected chi connectivity index (χ4v) is 3.10. The van der Waals surface area contributed by atoms with Crippen LogP contribution in [-0.2, 0) is 11.3 Å². The molecule has 8 heteroatoms. The van der Waals surface area contributed by atoms with Crippen molar-refractivity contribution < 1.29 is 9.21 Å². The highest BCUT2D eigenvalue weighted by atomic mass is 32.2. The summed E-state index contributed by atoms with van der Waals surface area (Å²) in [6, 6.07) is 13.5. The number of hydrogen-bond acceptors (Lipinski definition) is 6. The van der Waals surface area contributed by atoms with Gasteiger partial charge in [0.25, 0.3) is 0 Å². The monoisotopic (exact) mass is 357 g/mol. The molecule has 0 fully saturated rings. The lowest BCUT2D eigenvalue weighted by Gasteiger charge is -2.17. The Hall–Kier alpha value is -2.61. The van der Waals surface area contributed by atoms with Gasteiger partial charge in [-0.05, 0) is 42.0 Å². The lowest BCUT2D eigenvalue weighted by Crippen LogP contribution is -2.33. The van der Waals surface area contributed by atoms with E-state index in [1.54, 1.807) is 10.9 Å². The zero-order chi connectivity index (χ0) is 17.6. The molecule has 1 amide bonds. The SMILES string of the molecule is C[C@@H](Sc1nnnn1Cc1ccco1)C(=O)N[C@H](C)c1ccccc1. The Morgan fingerprint density at radius 1 is 1.24 bits per heavy atom. The minimum atomic E-state index is -0.326. The molecule has 0 spiro atoms. The normalized spacial score (nSPS) is 13.4. The molecule has 0 saturated carbocycles. The summed E-state index contributed by atoms with van der Waals surface area (Å²) in [4.78, 5) is 12.5. The molecule has 0 saturated heterocycles. The van der Waals surface area contributed by atoms with E-state index in [4.69, 9.17) is 4.42 Å². The number of aromatic nitrogens is 4. The molecule has 3 aromatic rings. The largest absolute Gasteiger partial charge is 0.467 e. The summed E-state index contributed by atoms with van der Waals surface area (Å²) >= 11 is 1.32. The van der Waals surface area contributed by atoms with Crippen LogP contribution in [0.2, 0.25) is 0 Å². The summed E-state index contributed by atoms with van der Waals surface area (Å²) < 4.78 is 6.93. The fraction of sp³-hybridized carbons (Fsp3) is 0.294. The average Bonchev–Trinajstić information content (AvgIpc) is 3.28. The summed E-state index contributed by atoms with van der Waals surface area (Å²) in [6.07, 6.45) is 1.60. The van der Waals surface area contributed by atoms with Gasteiger partial charge >= 0.3 is 0 Å². The standard InChI is InChI=1S/C17H19N5O2S/c1-12(14-7-4-3-5-8-14)18-16(23)13(2)25-17-19-20-21-22(17)11-15-9-6-10-24-15/h3-10,12-13H,11H2,1-2H3,(H,18,23)/t12-,13-/m1/s1. The Kier molecular flexibility index (Phi) is 5.49. The van der Waals surface area contributed by atoms with Crippen molar-refractivity contribution in [3.05, 3.63) is 60.1 Å². The fourth-order valence-electron chi connectivity index (χ4n) is 2.30. The molecule has 3 rings (SSSR count). The Balaban J connectivity index is 1.59. The Morgan fingerprint density at radius 3 is 2.76 bits per heavy atom. The molecule has 0 radical (unpaired) electrons. The molecule has 25 heavy (non-hydrogen) atoms. The van der Waals surface area contributed by atoms with Gasteiger partial charge in [-0.15, -0.1) is 5.10 Å². The van der Waals surface area contributed by atoms with Gasteiger partial charge in [0.05, 0.1) is 17.6 Å². The third-order valence-corrected chi connectivity index (χ3v) is 4.77. The molecule has 0 aliphatic rings. The van der Waals surface area contributed by atoms with Crippen LogP contribution in [0.15, 0.2) is 58.3 Å². The van der Waals surface area contributed by atoms with Crippen LogP contribution >= 0.6 is 11.8 Å². The second kappa shape index (κ2) is 7.98. The summed E-state index contributed by atoms with van der Waals surface area (Å²) in [5, 5.41) is 14.9. The highest BCUT2D eigenvalue weighted by molar-refractivity contribution is 8.00. The molecule has 2 atom stereocenters. The number of carbonyl (C=O) groups excluding carboxylic acids is 1. The maximum atomic E-state index is 12.5. The van der Waals surface area contributed by atoms with Gasteiger partial charge in [-0.1, -0.05) is 42.1 Å². The van der Waals surface area contributed by atoms with Gasteiger partial charge in [-0.2, -0.15) is 0 Å². The van der Waals surface area contributed by atoms with Gasteiger partial charge in [-0.25, -0.2) is 4.68 Å². The van der Waals surface area contributed by atoms with Crippen LogP contribution in [0.5, 0.6) is 0 Å². The zero-order valence-electron chi connectivity index (χ0n) is 14.0. The van der Waals surface area contributed by atoms with Gasteiger partial charge in [0.15, 0.2) is 0 Å². The quantitative estimate of drug-likeness (QED) is 0.654. The molecule has 1 aromatic carbocycles. The van der Waals surface area contributed by atoms with Crippen LogP contribution < -0.4 is 5.32 Å². The van der Waals surface area contributed by atoms with Crippen molar-refractivity contribution in [1.29, 1.82) is 0 Å². The van der Waals surface area contributed by atoms with Gasteiger partial charge in [-0.3, -0.25) is 4.79 Å². The lowest BCUT2D eigenvalue weighted by atomic mass is 10.1. The summed E-state index contributed by atoms with van der Waals surface area (Å²) in [6.45, 7) is 4.23. The van der Waals surface area contributed by atoms with Crippen LogP contribution in [0.25, 0.3) is 0 Å². The molecule has 0 aliphatic heterocycles. The third kappa shape index (κ3) is 4.48. The lowest BCUT2D eigenvalue weighted by molar-refractivity contribution is -0.120. The average molecular weight is 357 g/mol. The highest BCUT2D eigenvalue weighted by Crippen LogP contribution is 2.22. The highest BCUT2D eigenvalue weighted by Gasteiger charge is 2.20.